The van der Waals surface area contributed by atoms with Gasteiger partial charge in [0.2, 0.25) is 11.8 Å². The fourth-order valence-corrected chi connectivity index (χ4v) is 4.07. The van der Waals surface area contributed by atoms with Gasteiger partial charge in [-0.15, -0.1) is 0 Å². The van der Waals surface area contributed by atoms with Crippen molar-refractivity contribution in [2.75, 3.05) is 40.3 Å². The minimum Gasteiger partial charge on any atom is -0.356 e. The van der Waals surface area contributed by atoms with E-state index in [1.807, 2.05) is 4.90 Å². The molecule has 2 aliphatic heterocycles. The molecule has 1 saturated heterocycles. The van der Waals surface area contributed by atoms with Crippen molar-refractivity contribution >= 4 is 23.6 Å². The largest absolute Gasteiger partial charge is 0.356 e. The summed E-state index contributed by atoms with van der Waals surface area (Å²) in [6, 6.07) is 0.587. The first-order chi connectivity index (χ1) is 14.9. The number of nitrogens with one attached hydrogen (secondary N) is 1. The van der Waals surface area contributed by atoms with Crippen molar-refractivity contribution in [1.29, 1.82) is 0 Å². The normalized spacial score (nSPS) is 17.1. The molecular weight excluding hydrogens is 396 g/mol. The Hall–Kier alpha value is -2.22. The van der Waals surface area contributed by atoms with Crippen LogP contribution in [-0.4, -0.2) is 84.6 Å². The van der Waals surface area contributed by atoms with Crippen LogP contribution in [0, 0.1) is 0 Å². The number of carbonyl (C=O) groups is 4. The van der Waals surface area contributed by atoms with Gasteiger partial charge in [0.15, 0.2) is 0 Å². The minimum atomic E-state index is -0.252. The van der Waals surface area contributed by atoms with Crippen LogP contribution in [0.5, 0.6) is 0 Å². The van der Waals surface area contributed by atoms with Crippen molar-refractivity contribution in [3.8, 4) is 0 Å². The monoisotopic (exact) mass is 434 g/mol. The first kappa shape index (κ1) is 25.0. The van der Waals surface area contributed by atoms with E-state index in [2.05, 4.69) is 24.3 Å². The van der Waals surface area contributed by atoms with E-state index in [0.717, 1.165) is 58.0 Å². The van der Waals surface area contributed by atoms with Crippen molar-refractivity contribution in [1.82, 2.24) is 20.0 Å². The van der Waals surface area contributed by atoms with E-state index in [1.54, 1.807) is 0 Å². The fourth-order valence-electron chi connectivity index (χ4n) is 4.07. The van der Waals surface area contributed by atoms with Crippen LogP contribution in [0.4, 0.5) is 0 Å². The summed E-state index contributed by atoms with van der Waals surface area (Å²) in [5.74, 6) is -0.208. The van der Waals surface area contributed by atoms with Crippen LogP contribution in [0.25, 0.3) is 0 Å². The highest BCUT2D eigenvalue weighted by molar-refractivity contribution is 6.12. The van der Waals surface area contributed by atoms with E-state index < -0.39 is 0 Å². The molecule has 0 aromatic carbocycles. The summed E-state index contributed by atoms with van der Waals surface area (Å²) in [6.07, 6.45) is 10.7. The molecule has 0 aliphatic carbocycles. The van der Waals surface area contributed by atoms with Crippen molar-refractivity contribution < 1.29 is 19.2 Å². The second-order valence-electron chi connectivity index (χ2n) is 8.71. The zero-order valence-electron chi connectivity index (χ0n) is 19.1. The molecule has 0 saturated carbocycles. The minimum absolute atomic E-state index is 0.0369. The second kappa shape index (κ2) is 13.2. The Morgan fingerprint density at radius 1 is 0.935 bits per heavy atom. The highest BCUT2D eigenvalue weighted by atomic mass is 16.2. The SMILES string of the molecule is CN(C)C1CCN(C(=O)CCCCCNC(=O)CCCCCN2C(=O)C=CC2=O)CC1. The van der Waals surface area contributed by atoms with Crippen LogP contribution in [0.1, 0.15) is 64.2 Å². The van der Waals surface area contributed by atoms with Gasteiger partial charge in [-0.2, -0.15) is 0 Å². The van der Waals surface area contributed by atoms with Gasteiger partial charge in [-0.1, -0.05) is 12.8 Å². The molecule has 31 heavy (non-hydrogen) atoms. The van der Waals surface area contributed by atoms with Gasteiger partial charge in [-0.25, -0.2) is 0 Å². The van der Waals surface area contributed by atoms with Gasteiger partial charge in [0, 0.05) is 57.2 Å². The molecule has 0 aromatic heterocycles. The standard InChI is InChI=1S/C23H38N4O4/c1-25(2)19-13-17-26(18-14-19)21(29)10-6-3-7-15-24-20(28)9-5-4-8-16-27-22(30)11-12-23(27)31/h11-12,19H,3-10,13-18H2,1-2H3,(H,24,28). The van der Waals surface area contributed by atoms with Crippen molar-refractivity contribution in [3.05, 3.63) is 12.2 Å². The third-order valence-electron chi connectivity index (χ3n) is 6.12. The predicted molar refractivity (Wildman–Crippen MR) is 119 cm³/mol. The number of imide groups is 1. The number of unbranched alkanes of at least 4 members (excludes halogenated alkanes) is 4. The Bertz CT molecular complexity index is 636. The molecule has 1 fully saturated rings. The maximum Gasteiger partial charge on any atom is 0.253 e. The zero-order chi connectivity index (χ0) is 22.6. The number of likely N-dealkylation sites (tertiary alicyclic amines) is 1. The molecule has 1 N–H and O–H groups in total. The number of hydrogen-bond donors (Lipinski definition) is 1. The van der Waals surface area contributed by atoms with Gasteiger partial charge in [0.25, 0.3) is 11.8 Å². The van der Waals surface area contributed by atoms with Gasteiger partial charge >= 0.3 is 0 Å². The fraction of sp³-hybridized carbons (Fsp3) is 0.739. The van der Waals surface area contributed by atoms with Crippen LogP contribution in [0.3, 0.4) is 0 Å². The predicted octanol–water partition coefficient (Wildman–Crippen LogP) is 1.70. The summed E-state index contributed by atoms with van der Waals surface area (Å²) in [5.41, 5.74) is 0. The van der Waals surface area contributed by atoms with Crippen LogP contribution in [-0.2, 0) is 19.2 Å². The van der Waals surface area contributed by atoms with Gasteiger partial charge in [-0.05, 0) is 52.6 Å². The first-order valence-electron chi connectivity index (χ1n) is 11.6. The molecule has 0 atom stereocenters. The topological polar surface area (TPSA) is 90.0 Å². The highest BCUT2D eigenvalue weighted by Crippen LogP contribution is 2.16. The van der Waals surface area contributed by atoms with Gasteiger partial charge in [0.05, 0.1) is 0 Å². The summed E-state index contributed by atoms with van der Waals surface area (Å²) in [5, 5.41) is 2.93. The average molecular weight is 435 g/mol. The number of amides is 4. The molecule has 4 amide bonds. The summed E-state index contributed by atoms with van der Waals surface area (Å²) in [4.78, 5) is 52.5. The molecule has 0 radical (unpaired) electrons. The van der Waals surface area contributed by atoms with E-state index in [0.29, 0.717) is 38.4 Å². The first-order valence-corrected chi connectivity index (χ1v) is 11.6. The second-order valence-corrected chi connectivity index (χ2v) is 8.71. The van der Waals surface area contributed by atoms with Gasteiger partial charge in [-0.3, -0.25) is 24.1 Å². The van der Waals surface area contributed by atoms with Crippen LogP contribution in [0.15, 0.2) is 12.2 Å². The molecular formula is C23H38N4O4. The molecule has 2 aliphatic rings. The van der Waals surface area contributed by atoms with Gasteiger partial charge < -0.3 is 15.1 Å². The summed E-state index contributed by atoms with van der Waals surface area (Å²) in [6.45, 7) is 2.78. The van der Waals surface area contributed by atoms with Gasteiger partial charge in [0.1, 0.15) is 0 Å². The summed E-state index contributed by atoms with van der Waals surface area (Å²) >= 11 is 0. The number of hydrogen-bond acceptors (Lipinski definition) is 5. The quantitative estimate of drug-likeness (QED) is 0.352. The highest BCUT2D eigenvalue weighted by Gasteiger charge is 2.23. The Morgan fingerprint density at radius 3 is 2.19 bits per heavy atom. The lowest BCUT2D eigenvalue weighted by Crippen LogP contribution is -2.44. The lowest BCUT2D eigenvalue weighted by Gasteiger charge is -2.35. The van der Waals surface area contributed by atoms with Crippen LogP contribution in [0.2, 0.25) is 0 Å². The molecule has 0 bridgehead atoms. The Balaban J connectivity index is 1.41. The maximum absolute atomic E-state index is 12.3. The molecule has 0 aromatic rings. The van der Waals surface area contributed by atoms with Crippen LogP contribution >= 0.6 is 0 Å². The van der Waals surface area contributed by atoms with E-state index in [1.165, 1.54) is 17.1 Å². The third kappa shape index (κ3) is 8.81. The molecule has 174 valence electrons. The maximum atomic E-state index is 12.3. The molecule has 8 nitrogen and oxygen atoms in total. The Morgan fingerprint density at radius 2 is 1.55 bits per heavy atom. The van der Waals surface area contributed by atoms with E-state index in [-0.39, 0.29) is 23.6 Å². The van der Waals surface area contributed by atoms with Crippen LogP contribution < -0.4 is 5.32 Å². The number of piperidine rings is 1. The molecule has 0 spiro atoms. The Kier molecular flexibility index (Phi) is 10.7. The summed E-state index contributed by atoms with van der Waals surface area (Å²) < 4.78 is 0. The van der Waals surface area contributed by atoms with Crippen molar-refractivity contribution in [3.63, 3.8) is 0 Å². The van der Waals surface area contributed by atoms with E-state index >= 15 is 0 Å². The third-order valence-corrected chi connectivity index (χ3v) is 6.12. The van der Waals surface area contributed by atoms with E-state index in [4.69, 9.17) is 0 Å². The molecule has 0 unspecified atom stereocenters. The molecule has 8 heteroatoms. The molecule has 2 heterocycles. The molecule has 2 rings (SSSR count). The lowest BCUT2D eigenvalue weighted by molar-refractivity contribution is -0.137. The van der Waals surface area contributed by atoms with Crippen molar-refractivity contribution in [2.45, 2.75) is 70.3 Å². The lowest BCUT2D eigenvalue weighted by atomic mass is 10.0. The Labute approximate surface area is 186 Å². The number of rotatable bonds is 13. The zero-order valence-corrected chi connectivity index (χ0v) is 19.1. The summed E-state index contributed by atoms with van der Waals surface area (Å²) in [7, 11) is 4.20. The number of nitrogens with zero attached hydrogens (tertiary/aromatic N) is 3. The van der Waals surface area contributed by atoms with Crippen molar-refractivity contribution in [2.24, 2.45) is 0 Å². The number of carbonyl (C=O) groups excluding carboxylic acids is 4. The van der Waals surface area contributed by atoms with E-state index in [9.17, 15) is 19.2 Å². The smallest absolute Gasteiger partial charge is 0.253 e. The average Bonchev–Trinajstić information content (AvgIpc) is 3.07.